The van der Waals surface area contributed by atoms with E-state index in [2.05, 4.69) is 15.5 Å². The number of hydrogen-bond donors (Lipinski definition) is 1. The van der Waals surface area contributed by atoms with Gasteiger partial charge in [0.25, 0.3) is 5.91 Å². The number of carbonyl (C=O) groups excluding carboxylic acids is 1. The van der Waals surface area contributed by atoms with Crippen molar-refractivity contribution in [3.05, 3.63) is 58.9 Å². The van der Waals surface area contributed by atoms with Crippen LogP contribution >= 0.6 is 11.6 Å². The molecule has 0 spiro atoms. The lowest BCUT2D eigenvalue weighted by Crippen LogP contribution is -2.23. The van der Waals surface area contributed by atoms with E-state index < -0.39 is 0 Å². The molecule has 0 aliphatic rings. The Hall–Kier alpha value is -3.06. The van der Waals surface area contributed by atoms with Gasteiger partial charge in [0.1, 0.15) is 0 Å². The van der Waals surface area contributed by atoms with Gasteiger partial charge in [-0.2, -0.15) is 4.98 Å². The summed E-state index contributed by atoms with van der Waals surface area (Å²) in [6.07, 6.45) is 0. The summed E-state index contributed by atoms with van der Waals surface area (Å²) in [5, 5.41) is 7.25. The van der Waals surface area contributed by atoms with Crippen LogP contribution in [-0.2, 0) is 6.54 Å². The van der Waals surface area contributed by atoms with Crippen LogP contribution in [0, 0.1) is 0 Å². The van der Waals surface area contributed by atoms with E-state index in [1.807, 2.05) is 0 Å². The smallest absolute Gasteiger partial charge is 0.251 e. The van der Waals surface area contributed by atoms with Gasteiger partial charge in [-0.15, -0.1) is 0 Å². The second-order valence-electron chi connectivity index (χ2n) is 5.27. The zero-order chi connectivity index (χ0) is 18.5. The number of aromatic nitrogens is 2. The Morgan fingerprint density at radius 1 is 1.12 bits per heavy atom. The van der Waals surface area contributed by atoms with E-state index in [1.165, 1.54) is 14.2 Å². The number of hydrogen-bond acceptors (Lipinski definition) is 6. The molecule has 1 aromatic heterocycles. The minimum atomic E-state index is -0.294. The highest BCUT2D eigenvalue weighted by atomic mass is 35.5. The van der Waals surface area contributed by atoms with Crippen molar-refractivity contribution in [2.24, 2.45) is 0 Å². The lowest BCUT2D eigenvalue weighted by Gasteiger charge is -2.09. The number of methoxy groups -OCH3 is 2. The normalized spacial score (nSPS) is 10.4. The molecule has 3 rings (SSSR count). The number of halogens is 1. The number of ether oxygens (including phenoxy) is 2. The van der Waals surface area contributed by atoms with Crippen molar-refractivity contribution in [3.8, 4) is 22.9 Å². The summed E-state index contributed by atoms with van der Waals surface area (Å²) in [7, 11) is 3.04. The molecular weight excluding hydrogens is 358 g/mol. The van der Waals surface area contributed by atoms with Crippen LogP contribution < -0.4 is 14.8 Å². The van der Waals surface area contributed by atoms with Crippen molar-refractivity contribution in [1.82, 2.24) is 15.5 Å². The highest BCUT2D eigenvalue weighted by Gasteiger charge is 2.13. The van der Waals surface area contributed by atoms with Gasteiger partial charge in [-0.25, -0.2) is 0 Å². The van der Waals surface area contributed by atoms with E-state index in [9.17, 15) is 4.79 Å². The fraction of sp³-hybridized carbons (Fsp3) is 0.167. The summed E-state index contributed by atoms with van der Waals surface area (Å²) in [6, 6.07) is 12.0. The van der Waals surface area contributed by atoms with E-state index >= 15 is 0 Å². The molecule has 8 heteroatoms. The number of rotatable bonds is 6. The van der Waals surface area contributed by atoms with Crippen LogP contribution in [0.1, 0.15) is 16.2 Å². The first-order chi connectivity index (χ1) is 12.6. The number of nitrogens with zero attached hydrogens (tertiary/aromatic N) is 2. The Bertz CT molecular complexity index is 909. The lowest BCUT2D eigenvalue weighted by molar-refractivity contribution is 0.0946. The molecule has 2 aromatic carbocycles. The third-order valence-electron chi connectivity index (χ3n) is 3.62. The minimum absolute atomic E-state index is 0.105. The Balaban J connectivity index is 1.66. The van der Waals surface area contributed by atoms with Crippen molar-refractivity contribution in [3.63, 3.8) is 0 Å². The second-order valence-corrected chi connectivity index (χ2v) is 5.71. The number of nitrogens with one attached hydrogen (secondary N) is 1. The third kappa shape index (κ3) is 3.94. The molecule has 0 aliphatic carbocycles. The van der Waals surface area contributed by atoms with E-state index in [1.54, 1.807) is 42.5 Å². The molecule has 0 radical (unpaired) electrons. The lowest BCUT2D eigenvalue weighted by atomic mass is 10.2. The molecule has 7 nitrogen and oxygen atoms in total. The third-order valence-corrected chi connectivity index (χ3v) is 3.87. The van der Waals surface area contributed by atoms with Gasteiger partial charge >= 0.3 is 0 Å². The van der Waals surface area contributed by atoms with Gasteiger partial charge in [0.2, 0.25) is 11.7 Å². The maximum atomic E-state index is 12.3. The van der Waals surface area contributed by atoms with Gasteiger partial charge in [-0.1, -0.05) is 16.8 Å². The topological polar surface area (TPSA) is 86.5 Å². The van der Waals surface area contributed by atoms with E-state index in [4.69, 9.17) is 25.6 Å². The Labute approximate surface area is 154 Å². The average Bonchev–Trinajstić information content (AvgIpc) is 3.15. The quantitative estimate of drug-likeness (QED) is 0.713. The zero-order valence-electron chi connectivity index (χ0n) is 14.2. The van der Waals surface area contributed by atoms with E-state index in [-0.39, 0.29) is 12.5 Å². The maximum Gasteiger partial charge on any atom is 0.251 e. The number of benzene rings is 2. The summed E-state index contributed by atoms with van der Waals surface area (Å²) >= 11 is 5.86. The molecule has 0 saturated carbocycles. The van der Waals surface area contributed by atoms with Gasteiger partial charge in [0.15, 0.2) is 11.5 Å². The molecule has 26 heavy (non-hydrogen) atoms. The van der Waals surface area contributed by atoms with Crippen LogP contribution in [0.4, 0.5) is 0 Å². The van der Waals surface area contributed by atoms with Crippen LogP contribution in [0.15, 0.2) is 47.0 Å². The highest BCUT2D eigenvalue weighted by molar-refractivity contribution is 6.30. The highest BCUT2D eigenvalue weighted by Crippen LogP contribution is 2.27. The standard InChI is InChI=1S/C18H16ClN3O4/c1-24-14-8-5-12(9-15(14)25-2)18(23)20-10-16-21-17(22-26-16)11-3-6-13(19)7-4-11/h3-9H,10H2,1-2H3,(H,20,23). The predicted molar refractivity (Wildman–Crippen MR) is 95.5 cm³/mol. The van der Waals surface area contributed by atoms with Gasteiger partial charge in [0, 0.05) is 16.1 Å². The molecule has 1 N–H and O–H groups in total. The van der Waals surface area contributed by atoms with Gasteiger partial charge in [-0.3, -0.25) is 4.79 Å². The Morgan fingerprint density at radius 2 is 1.85 bits per heavy atom. The van der Waals surface area contributed by atoms with Crippen molar-refractivity contribution in [2.75, 3.05) is 14.2 Å². The van der Waals surface area contributed by atoms with Crippen molar-refractivity contribution < 1.29 is 18.8 Å². The summed E-state index contributed by atoms with van der Waals surface area (Å²) < 4.78 is 15.5. The second kappa shape index (κ2) is 7.88. The molecule has 0 bridgehead atoms. The molecule has 3 aromatic rings. The van der Waals surface area contributed by atoms with Gasteiger partial charge in [0.05, 0.1) is 20.8 Å². The fourth-order valence-corrected chi connectivity index (χ4v) is 2.40. The molecule has 0 unspecified atom stereocenters. The van der Waals surface area contributed by atoms with Gasteiger partial charge in [-0.05, 0) is 42.5 Å². The van der Waals surface area contributed by atoms with Crippen LogP contribution in [0.2, 0.25) is 5.02 Å². The van der Waals surface area contributed by atoms with Crippen LogP contribution in [0.3, 0.4) is 0 Å². The summed E-state index contributed by atoms with van der Waals surface area (Å²) in [5.74, 6) is 1.45. The number of amides is 1. The fourth-order valence-electron chi connectivity index (χ4n) is 2.28. The monoisotopic (exact) mass is 373 g/mol. The molecule has 134 valence electrons. The maximum absolute atomic E-state index is 12.3. The Kier molecular flexibility index (Phi) is 5.38. The SMILES string of the molecule is COc1ccc(C(=O)NCc2nc(-c3ccc(Cl)cc3)no2)cc1OC. The van der Waals surface area contributed by atoms with Crippen molar-refractivity contribution in [1.29, 1.82) is 0 Å². The van der Waals surface area contributed by atoms with Crippen LogP contribution in [0.25, 0.3) is 11.4 Å². The molecule has 0 aliphatic heterocycles. The summed E-state index contributed by atoms with van der Waals surface area (Å²) in [5.41, 5.74) is 1.20. The van der Waals surface area contributed by atoms with Gasteiger partial charge < -0.3 is 19.3 Å². The molecular formula is C18H16ClN3O4. The Morgan fingerprint density at radius 3 is 2.54 bits per heavy atom. The molecule has 0 fully saturated rings. The summed E-state index contributed by atoms with van der Waals surface area (Å²) in [4.78, 5) is 16.5. The zero-order valence-corrected chi connectivity index (χ0v) is 14.9. The molecule has 1 amide bonds. The van der Waals surface area contributed by atoms with E-state index in [0.717, 1.165) is 5.56 Å². The molecule has 0 atom stereocenters. The molecule has 0 saturated heterocycles. The van der Waals surface area contributed by atoms with Crippen LogP contribution in [0.5, 0.6) is 11.5 Å². The minimum Gasteiger partial charge on any atom is -0.493 e. The predicted octanol–water partition coefficient (Wildman–Crippen LogP) is 3.34. The first kappa shape index (κ1) is 17.8. The molecule has 1 heterocycles. The first-order valence-electron chi connectivity index (χ1n) is 7.69. The van der Waals surface area contributed by atoms with Crippen molar-refractivity contribution in [2.45, 2.75) is 6.54 Å². The first-order valence-corrected chi connectivity index (χ1v) is 8.07. The summed E-state index contributed by atoms with van der Waals surface area (Å²) in [6.45, 7) is 0.105. The van der Waals surface area contributed by atoms with Crippen LogP contribution in [-0.4, -0.2) is 30.3 Å². The number of carbonyl (C=O) groups is 1. The largest absolute Gasteiger partial charge is 0.493 e. The average molecular weight is 374 g/mol. The van der Waals surface area contributed by atoms with Crippen molar-refractivity contribution >= 4 is 17.5 Å². The van der Waals surface area contributed by atoms with E-state index in [0.29, 0.717) is 33.8 Å².